The molecule has 3 heteroatoms. The van der Waals surface area contributed by atoms with Crippen LogP contribution in [0.25, 0.3) is 10.9 Å². The van der Waals surface area contributed by atoms with E-state index in [4.69, 9.17) is 0 Å². The third-order valence-electron chi connectivity index (χ3n) is 2.13. The molecule has 0 bridgehead atoms. The van der Waals surface area contributed by atoms with Gasteiger partial charge in [-0.15, -0.1) is 0 Å². The van der Waals surface area contributed by atoms with Gasteiger partial charge in [0.2, 0.25) is 0 Å². The van der Waals surface area contributed by atoms with E-state index in [1.54, 1.807) is 6.07 Å². The lowest BCUT2D eigenvalue weighted by molar-refractivity contribution is 0.633. The highest BCUT2D eigenvalue weighted by Crippen LogP contribution is 2.25. The molecule has 0 atom stereocenters. The minimum Gasteiger partial charge on any atom is -0.358 e. The van der Waals surface area contributed by atoms with Crippen LogP contribution in [0.5, 0.6) is 0 Å². The van der Waals surface area contributed by atoms with Crippen LogP contribution in [-0.2, 0) is 6.42 Å². The normalized spacial score (nSPS) is 11.0. The van der Waals surface area contributed by atoms with Crippen molar-refractivity contribution < 1.29 is 4.39 Å². The molecule has 1 aromatic carbocycles. The Morgan fingerprint density at radius 2 is 2.23 bits per heavy atom. The lowest BCUT2D eigenvalue weighted by Gasteiger charge is -1.94. The summed E-state index contributed by atoms with van der Waals surface area (Å²) < 4.78 is 14.0. The number of halogens is 2. The van der Waals surface area contributed by atoms with Crippen LogP contribution in [0.2, 0.25) is 0 Å². The Labute approximate surface area is 84.1 Å². The number of H-pyrrole nitrogens is 1. The van der Waals surface area contributed by atoms with E-state index in [0.29, 0.717) is 9.86 Å². The van der Waals surface area contributed by atoms with E-state index < -0.39 is 0 Å². The lowest BCUT2D eigenvalue weighted by atomic mass is 10.2. The van der Waals surface area contributed by atoms with Crippen molar-refractivity contribution in [3.63, 3.8) is 0 Å². The van der Waals surface area contributed by atoms with E-state index in [1.165, 1.54) is 0 Å². The highest BCUT2D eigenvalue weighted by molar-refractivity contribution is 9.10. The monoisotopic (exact) mass is 241 g/mol. The van der Waals surface area contributed by atoms with Crippen LogP contribution in [0.1, 0.15) is 12.6 Å². The molecule has 0 radical (unpaired) electrons. The quantitative estimate of drug-likeness (QED) is 0.785. The number of fused-ring (bicyclic) bond motifs is 1. The average molecular weight is 242 g/mol. The number of hydrogen-bond acceptors (Lipinski definition) is 0. The molecule has 2 aromatic rings. The number of rotatable bonds is 1. The van der Waals surface area contributed by atoms with Crippen LogP contribution in [0.15, 0.2) is 22.7 Å². The molecular formula is C10H9BrFN. The molecule has 68 valence electrons. The summed E-state index contributed by atoms with van der Waals surface area (Å²) in [5, 5.41) is 0.659. The summed E-state index contributed by atoms with van der Waals surface area (Å²) in [6.07, 6.45) is 0.895. The highest BCUT2D eigenvalue weighted by Gasteiger charge is 2.07. The van der Waals surface area contributed by atoms with E-state index in [1.807, 2.05) is 19.1 Å². The van der Waals surface area contributed by atoms with Crippen molar-refractivity contribution in [2.75, 3.05) is 0 Å². The molecule has 0 saturated heterocycles. The molecule has 1 aromatic heterocycles. The zero-order valence-corrected chi connectivity index (χ0v) is 8.78. The zero-order chi connectivity index (χ0) is 9.42. The second-order valence-corrected chi connectivity index (χ2v) is 3.83. The van der Waals surface area contributed by atoms with Crippen LogP contribution >= 0.6 is 15.9 Å². The molecular weight excluding hydrogens is 233 g/mol. The van der Waals surface area contributed by atoms with Crippen molar-refractivity contribution in [2.45, 2.75) is 13.3 Å². The van der Waals surface area contributed by atoms with Crippen LogP contribution in [0, 0.1) is 5.82 Å². The molecule has 1 heterocycles. The third kappa shape index (κ3) is 1.37. The predicted octanol–water partition coefficient (Wildman–Crippen LogP) is 3.63. The lowest BCUT2D eigenvalue weighted by Crippen LogP contribution is -1.77. The van der Waals surface area contributed by atoms with Crippen LogP contribution in [0.3, 0.4) is 0 Å². The maximum absolute atomic E-state index is 13.5. The fraction of sp³-hybridized carbons (Fsp3) is 0.200. The summed E-state index contributed by atoms with van der Waals surface area (Å²) in [5.41, 5.74) is 1.92. The molecule has 0 aliphatic carbocycles. The number of aromatic nitrogens is 1. The fourth-order valence-electron chi connectivity index (χ4n) is 1.39. The van der Waals surface area contributed by atoms with Gasteiger partial charge in [0.25, 0.3) is 0 Å². The van der Waals surface area contributed by atoms with Gasteiger partial charge in [0.15, 0.2) is 0 Å². The minimum absolute atomic E-state index is 0.187. The van der Waals surface area contributed by atoms with Gasteiger partial charge in [-0.3, -0.25) is 0 Å². The first-order chi connectivity index (χ1) is 6.22. The minimum atomic E-state index is -0.187. The summed E-state index contributed by atoms with van der Waals surface area (Å²) in [5.74, 6) is -0.187. The van der Waals surface area contributed by atoms with Crippen molar-refractivity contribution in [1.29, 1.82) is 0 Å². The molecule has 2 rings (SSSR count). The largest absolute Gasteiger partial charge is 0.358 e. The summed E-state index contributed by atoms with van der Waals surface area (Å²) in [4.78, 5) is 3.15. The van der Waals surface area contributed by atoms with Crippen LogP contribution in [0.4, 0.5) is 4.39 Å². The molecule has 0 aliphatic heterocycles. The maximum atomic E-state index is 13.5. The summed E-state index contributed by atoms with van der Waals surface area (Å²) in [6.45, 7) is 2.04. The molecule has 0 unspecified atom stereocenters. The van der Waals surface area contributed by atoms with E-state index in [2.05, 4.69) is 20.9 Å². The molecule has 1 nitrogen and oxygen atoms in total. The number of aromatic amines is 1. The summed E-state index contributed by atoms with van der Waals surface area (Å²) >= 11 is 3.16. The molecule has 13 heavy (non-hydrogen) atoms. The molecule has 0 spiro atoms. The predicted molar refractivity (Wildman–Crippen MR) is 55.3 cm³/mol. The van der Waals surface area contributed by atoms with Gasteiger partial charge in [-0.1, -0.05) is 6.92 Å². The standard InChI is InChI=1S/C10H9BrFN/c1-2-6-5-7-9(13-6)4-3-8(11)10(7)12/h3-5,13H,2H2,1H3. The second-order valence-electron chi connectivity index (χ2n) is 2.97. The smallest absolute Gasteiger partial charge is 0.146 e. The Hall–Kier alpha value is -0.830. The number of aryl methyl sites for hydroxylation is 1. The van der Waals surface area contributed by atoms with Gasteiger partial charge in [-0.2, -0.15) is 0 Å². The van der Waals surface area contributed by atoms with E-state index in [9.17, 15) is 4.39 Å². The van der Waals surface area contributed by atoms with Crippen molar-refractivity contribution in [3.05, 3.63) is 34.2 Å². The van der Waals surface area contributed by atoms with E-state index in [-0.39, 0.29) is 5.82 Å². The second kappa shape index (κ2) is 3.14. The van der Waals surface area contributed by atoms with Gasteiger partial charge >= 0.3 is 0 Å². The number of benzene rings is 1. The Bertz CT molecular complexity index is 447. The van der Waals surface area contributed by atoms with Crippen LogP contribution in [-0.4, -0.2) is 4.98 Å². The Morgan fingerprint density at radius 3 is 2.92 bits per heavy atom. The van der Waals surface area contributed by atoms with Gasteiger partial charge in [0.05, 0.1) is 4.47 Å². The van der Waals surface area contributed by atoms with Gasteiger partial charge in [0, 0.05) is 16.6 Å². The first kappa shape index (κ1) is 8.75. The third-order valence-corrected chi connectivity index (χ3v) is 2.74. The first-order valence-electron chi connectivity index (χ1n) is 4.18. The van der Waals surface area contributed by atoms with E-state index >= 15 is 0 Å². The zero-order valence-electron chi connectivity index (χ0n) is 7.20. The van der Waals surface area contributed by atoms with Crippen molar-refractivity contribution in [3.8, 4) is 0 Å². The number of hydrogen-bond donors (Lipinski definition) is 1. The Morgan fingerprint density at radius 1 is 1.46 bits per heavy atom. The SMILES string of the molecule is CCc1cc2c(F)c(Br)ccc2[nH]1. The van der Waals surface area contributed by atoms with Gasteiger partial charge in [-0.25, -0.2) is 4.39 Å². The Kier molecular flexibility index (Phi) is 2.12. The highest BCUT2D eigenvalue weighted by atomic mass is 79.9. The maximum Gasteiger partial charge on any atom is 0.146 e. The van der Waals surface area contributed by atoms with E-state index in [0.717, 1.165) is 17.6 Å². The molecule has 0 saturated carbocycles. The first-order valence-corrected chi connectivity index (χ1v) is 4.97. The number of nitrogens with one attached hydrogen (secondary N) is 1. The summed E-state index contributed by atoms with van der Waals surface area (Å²) in [7, 11) is 0. The van der Waals surface area contributed by atoms with Crippen molar-refractivity contribution in [1.82, 2.24) is 4.98 Å². The molecule has 1 N–H and O–H groups in total. The molecule has 0 fully saturated rings. The Balaban J connectivity index is 2.76. The fourth-order valence-corrected chi connectivity index (χ4v) is 1.74. The molecule has 0 aliphatic rings. The van der Waals surface area contributed by atoms with Gasteiger partial charge in [-0.05, 0) is 40.5 Å². The molecule has 0 amide bonds. The van der Waals surface area contributed by atoms with Crippen molar-refractivity contribution >= 4 is 26.8 Å². The van der Waals surface area contributed by atoms with Crippen molar-refractivity contribution in [2.24, 2.45) is 0 Å². The average Bonchev–Trinajstić information content (AvgIpc) is 2.55. The summed E-state index contributed by atoms with van der Waals surface area (Å²) in [6, 6.07) is 5.45. The van der Waals surface area contributed by atoms with Gasteiger partial charge < -0.3 is 4.98 Å². The van der Waals surface area contributed by atoms with Gasteiger partial charge in [0.1, 0.15) is 5.82 Å². The van der Waals surface area contributed by atoms with Crippen LogP contribution < -0.4 is 0 Å². The topological polar surface area (TPSA) is 15.8 Å².